The lowest BCUT2D eigenvalue weighted by Crippen LogP contribution is -2.43. The van der Waals surface area contributed by atoms with Crippen LogP contribution >= 0.6 is 11.3 Å². The summed E-state index contributed by atoms with van der Waals surface area (Å²) in [6.45, 7) is 4.51. The van der Waals surface area contributed by atoms with Crippen molar-refractivity contribution in [2.75, 3.05) is 25.0 Å². The van der Waals surface area contributed by atoms with E-state index in [9.17, 15) is 18.3 Å². The topological polar surface area (TPSA) is 127 Å². The van der Waals surface area contributed by atoms with Crippen LogP contribution in [0.4, 0.5) is 5.13 Å². The molecule has 10 nitrogen and oxygen atoms in total. The number of nitrogens with one attached hydrogen (secondary N) is 1. The number of carbonyl (C=O) groups excluding carboxylic acids is 1. The van der Waals surface area contributed by atoms with Crippen molar-refractivity contribution in [3.8, 4) is 0 Å². The minimum absolute atomic E-state index is 0.0141. The molecule has 0 spiro atoms. The fourth-order valence-electron chi connectivity index (χ4n) is 7.09. The lowest BCUT2D eigenvalue weighted by molar-refractivity contribution is -0.160. The third-order valence-corrected chi connectivity index (χ3v) is 12.4. The van der Waals surface area contributed by atoms with Crippen LogP contribution in [-0.2, 0) is 35.4 Å². The SMILES string of the molecule is CC(C)CN(C[C@@H](O)[C@@H](CC(=O)OC1C2CCC3OCC1C3O2)Cc1ccccc1)S(=O)(=O)c1ccc2nc(NC3CC3)sc2c1. The molecule has 3 aromatic rings. The number of ether oxygens (including phenoxy) is 3. The second kappa shape index (κ2) is 13.1. The first-order valence-corrected chi connectivity index (χ1v) is 18.8. The van der Waals surface area contributed by atoms with Gasteiger partial charge in [0, 0.05) is 25.0 Å². The zero-order chi connectivity index (χ0) is 32.0. The molecule has 2 aromatic carbocycles. The molecule has 1 saturated carbocycles. The Hall–Kier alpha value is -2.61. The number of aliphatic hydroxyl groups excluding tert-OH is 1. The Kier molecular flexibility index (Phi) is 9.12. The maximum absolute atomic E-state index is 14.1. The maximum atomic E-state index is 14.1. The minimum Gasteiger partial charge on any atom is -0.459 e. The predicted molar refractivity (Wildman–Crippen MR) is 175 cm³/mol. The third kappa shape index (κ3) is 6.84. The van der Waals surface area contributed by atoms with Gasteiger partial charge in [-0.3, -0.25) is 4.79 Å². The Balaban J connectivity index is 1.09. The number of sulfonamides is 1. The van der Waals surface area contributed by atoms with Crippen LogP contribution in [0.5, 0.6) is 0 Å². The highest BCUT2D eigenvalue weighted by Crippen LogP contribution is 2.45. The molecule has 7 atom stereocenters. The second-order valence-electron chi connectivity index (χ2n) is 13.7. The van der Waals surface area contributed by atoms with E-state index in [1.807, 2.05) is 44.2 Å². The quantitative estimate of drug-likeness (QED) is 0.237. The Morgan fingerprint density at radius 1 is 1.11 bits per heavy atom. The van der Waals surface area contributed by atoms with Gasteiger partial charge in [-0.2, -0.15) is 4.31 Å². The number of carbonyl (C=O) groups is 1. The summed E-state index contributed by atoms with van der Waals surface area (Å²) in [5.41, 5.74) is 1.70. The van der Waals surface area contributed by atoms with Crippen molar-refractivity contribution in [2.45, 2.75) is 93.8 Å². The number of nitrogens with zero attached hydrogens (tertiary/aromatic N) is 2. The van der Waals surface area contributed by atoms with E-state index in [-0.39, 0.29) is 60.7 Å². The molecule has 1 aromatic heterocycles. The molecule has 248 valence electrons. The van der Waals surface area contributed by atoms with E-state index in [0.717, 1.165) is 46.6 Å². The molecule has 1 aliphatic carbocycles. The number of fused-ring (bicyclic) bond motifs is 2. The first-order chi connectivity index (χ1) is 22.1. The normalized spacial score (nSPS) is 26.9. The van der Waals surface area contributed by atoms with Gasteiger partial charge >= 0.3 is 5.97 Å². The monoisotopic (exact) mass is 669 g/mol. The Labute approximate surface area is 274 Å². The summed E-state index contributed by atoms with van der Waals surface area (Å²) in [7, 11) is -3.97. The van der Waals surface area contributed by atoms with E-state index >= 15 is 0 Å². The number of rotatable bonds is 14. The molecule has 12 heteroatoms. The molecule has 5 unspecified atom stereocenters. The zero-order valence-corrected chi connectivity index (χ0v) is 27.9. The summed E-state index contributed by atoms with van der Waals surface area (Å²) < 4.78 is 48.5. The summed E-state index contributed by atoms with van der Waals surface area (Å²) in [6, 6.07) is 15.1. The Morgan fingerprint density at radius 2 is 1.89 bits per heavy atom. The average molecular weight is 670 g/mol. The molecule has 0 radical (unpaired) electrons. The Morgan fingerprint density at radius 3 is 2.65 bits per heavy atom. The molecule has 7 rings (SSSR count). The van der Waals surface area contributed by atoms with Gasteiger partial charge in [-0.25, -0.2) is 13.4 Å². The molecule has 0 amide bonds. The molecule has 4 heterocycles. The van der Waals surface area contributed by atoms with E-state index < -0.39 is 28.0 Å². The van der Waals surface area contributed by atoms with Crippen LogP contribution in [0, 0.1) is 17.8 Å². The van der Waals surface area contributed by atoms with Crippen LogP contribution in [-0.4, -0.2) is 85.0 Å². The van der Waals surface area contributed by atoms with Gasteiger partial charge in [0.1, 0.15) is 6.10 Å². The highest BCUT2D eigenvalue weighted by Gasteiger charge is 2.56. The average Bonchev–Trinajstić information content (AvgIpc) is 3.48. The van der Waals surface area contributed by atoms with E-state index in [4.69, 9.17) is 14.2 Å². The van der Waals surface area contributed by atoms with Crippen LogP contribution in [0.3, 0.4) is 0 Å². The van der Waals surface area contributed by atoms with E-state index in [2.05, 4.69) is 10.3 Å². The lowest BCUT2D eigenvalue weighted by atomic mass is 9.90. The van der Waals surface area contributed by atoms with Gasteiger partial charge < -0.3 is 24.6 Å². The molecule has 4 aliphatic rings. The number of hydrogen-bond donors (Lipinski definition) is 2. The van der Waals surface area contributed by atoms with E-state index in [1.54, 1.807) is 18.2 Å². The minimum atomic E-state index is -3.97. The third-order valence-electron chi connectivity index (χ3n) is 9.59. The van der Waals surface area contributed by atoms with Crippen molar-refractivity contribution in [2.24, 2.45) is 17.8 Å². The predicted octanol–water partition coefficient (Wildman–Crippen LogP) is 4.62. The van der Waals surface area contributed by atoms with Crippen molar-refractivity contribution in [1.29, 1.82) is 0 Å². The van der Waals surface area contributed by atoms with Crippen molar-refractivity contribution in [1.82, 2.24) is 9.29 Å². The molecular weight excluding hydrogens is 627 g/mol. The van der Waals surface area contributed by atoms with Crippen LogP contribution in [0.2, 0.25) is 0 Å². The van der Waals surface area contributed by atoms with Crippen LogP contribution < -0.4 is 5.32 Å². The van der Waals surface area contributed by atoms with Gasteiger partial charge in [-0.05, 0) is 61.8 Å². The number of aromatic nitrogens is 1. The summed E-state index contributed by atoms with van der Waals surface area (Å²) in [6.07, 6.45) is 2.75. The van der Waals surface area contributed by atoms with Crippen molar-refractivity contribution in [3.63, 3.8) is 0 Å². The standard InChI is InChI=1S/C34H43N3O7S2/c1-20(2)17-37(46(40,41)24-10-11-26-30(16-24)45-34(36-26)35-23-8-9-23)18-27(38)22(14-21-6-4-3-5-7-21)15-31(39)44-33-25-19-42-28-12-13-29(33)43-32(25)28/h3-7,10-11,16,20,22-23,25,27-29,32-33,38H,8-9,12-15,17-19H2,1-2H3,(H,35,36)/t22-,25?,27-,28?,29?,32?,33?/m1/s1. The summed E-state index contributed by atoms with van der Waals surface area (Å²) in [4.78, 5) is 18.3. The van der Waals surface area contributed by atoms with Crippen LogP contribution in [0.15, 0.2) is 53.4 Å². The van der Waals surface area contributed by atoms with Crippen molar-refractivity contribution in [3.05, 3.63) is 54.1 Å². The van der Waals surface area contributed by atoms with Crippen LogP contribution in [0.25, 0.3) is 10.2 Å². The van der Waals surface area contributed by atoms with Gasteiger partial charge in [0.05, 0.1) is 58.5 Å². The van der Waals surface area contributed by atoms with Crippen LogP contribution in [0.1, 0.15) is 51.5 Å². The van der Waals surface area contributed by atoms with Gasteiger partial charge in [-0.15, -0.1) is 0 Å². The first-order valence-electron chi connectivity index (χ1n) is 16.5. The Bertz CT molecular complexity index is 1640. The molecule has 3 aliphatic heterocycles. The van der Waals surface area contributed by atoms with Gasteiger partial charge in [-0.1, -0.05) is 55.5 Å². The van der Waals surface area contributed by atoms with E-state index in [0.29, 0.717) is 19.1 Å². The summed E-state index contributed by atoms with van der Waals surface area (Å²) in [5, 5.41) is 15.9. The smallest absolute Gasteiger partial charge is 0.306 e. The number of benzene rings is 2. The number of anilines is 1. The molecular formula is C34H43N3O7S2. The largest absolute Gasteiger partial charge is 0.459 e. The maximum Gasteiger partial charge on any atom is 0.306 e. The highest BCUT2D eigenvalue weighted by molar-refractivity contribution is 7.89. The summed E-state index contributed by atoms with van der Waals surface area (Å²) >= 11 is 1.45. The molecule has 3 saturated heterocycles. The van der Waals surface area contributed by atoms with Gasteiger partial charge in [0.2, 0.25) is 10.0 Å². The highest BCUT2D eigenvalue weighted by atomic mass is 32.2. The first kappa shape index (κ1) is 32.0. The number of hydrogen-bond acceptors (Lipinski definition) is 10. The van der Waals surface area contributed by atoms with Gasteiger partial charge in [0.25, 0.3) is 0 Å². The fraction of sp³-hybridized carbons (Fsp3) is 0.588. The molecule has 46 heavy (non-hydrogen) atoms. The summed E-state index contributed by atoms with van der Waals surface area (Å²) in [5.74, 6) is -0.926. The zero-order valence-electron chi connectivity index (χ0n) is 26.3. The fourth-order valence-corrected chi connectivity index (χ4v) is 9.79. The van der Waals surface area contributed by atoms with Crippen molar-refractivity contribution < 1.29 is 32.5 Å². The van der Waals surface area contributed by atoms with Crippen molar-refractivity contribution >= 4 is 42.7 Å². The molecule has 2 N–H and O–H groups in total. The van der Waals surface area contributed by atoms with Gasteiger partial charge in [0.15, 0.2) is 5.13 Å². The number of aliphatic hydroxyl groups is 1. The molecule has 4 fully saturated rings. The number of thiazole rings is 1. The lowest BCUT2D eigenvalue weighted by Gasteiger charge is -2.31. The molecule has 2 bridgehead atoms. The second-order valence-corrected chi connectivity index (χ2v) is 16.7. The van der Waals surface area contributed by atoms with E-state index in [1.165, 1.54) is 15.6 Å². The number of esters is 1.